The van der Waals surface area contributed by atoms with Gasteiger partial charge in [0.1, 0.15) is 5.69 Å². The summed E-state index contributed by atoms with van der Waals surface area (Å²) >= 11 is 0. The third kappa shape index (κ3) is 4.24. The van der Waals surface area contributed by atoms with E-state index < -0.39 is 4.92 Å². The van der Waals surface area contributed by atoms with Gasteiger partial charge in [-0.15, -0.1) is 0 Å². The number of rotatable bonds is 4. The SMILES string of the molecule is CNC(=O)c1ccc([N+](=O)[O-])c(NCC(C)(C)C)c1. The van der Waals surface area contributed by atoms with E-state index in [1.54, 1.807) is 0 Å². The molecule has 19 heavy (non-hydrogen) atoms. The normalized spacial score (nSPS) is 10.9. The summed E-state index contributed by atoms with van der Waals surface area (Å²) < 4.78 is 0. The molecule has 0 atom stereocenters. The number of nitro benzene ring substituents is 1. The molecule has 0 saturated heterocycles. The fourth-order valence-electron chi connectivity index (χ4n) is 1.48. The van der Waals surface area contributed by atoms with E-state index in [9.17, 15) is 14.9 Å². The molecule has 0 heterocycles. The standard InChI is InChI=1S/C13H19N3O3/c1-13(2,3)8-15-10-7-9(12(17)14-4)5-6-11(10)16(18)19/h5-7,15H,8H2,1-4H3,(H,14,17). The third-order valence-electron chi connectivity index (χ3n) is 2.49. The first-order valence-corrected chi connectivity index (χ1v) is 5.99. The number of nitrogens with one attached hydrogen (secondary N) is 2. The highest BCUT2D eigenvalue weighted by atomic mass is 16.6. The Kier molecular flexibility index (Phi) is 4.47. The van der Waals surface area contributed by atoms with Crippen molar-refractivity contribution in [1.29, 1.82) is 0 Å². The number of anilines is 1. The number of hydrogen-bond donors (Lipinski definition) is 2. The van der Waals surface area contributed by atoms with Crippen LogP contribution in [0.15, 0.2) is 18.2 Å². The molecule has 6 nitrogen and oxygen atoms in total. The Morgan fingerprint density at radius 1 is 1.37 bits per heavy atom. The van der Waals surface area contributed by atoms with Crippen molar-refractivity contribution in [2.75, 3.05) is 18.9 Å². The average molecular weight is 265 g/mol. The number of amides is 1. The van der Waals surface area contributed by atoms with Gasteiger partial charge in [0.05, 0.1) is 4.92 Å². The Bertz CT molecular complexity index is 492. The first kappa shape index (κ1) is 14.9. The Hall–Kier alpha value is -2.11. The molecule has 1 aromatic carbocycles. The molecule has 0 aliphatic carbocycles. The van der Waals surface area contributed by atoms with Gasteiger partial charge in [-0.25, -0.2) is 0 Å². The smallest absolute Gasteiger partial charge is 0.292 e. The van der Waals surface area contributed by atoms with Crippen LogP contribution in [-0.2, 0) is 0 Å². The van der Waals surface area contributed by atoms with Crippen LogP contribution in [0.2, 0.25) is 0 Å². The maximum atomic E-state index is 11.5. The van der Waals surface area contributed by atoms with Crippen molar-refractivity contribution < 1.29 is 9.72 Å². The molecule has 0 spiro atoms. The summed E-state index contributed by atoms with van der Waals surface area (Å²) in [5.74, 6) is -0.270. The topological polar surface area (TPSA) is 84.3 Å². The minimum Gasteiger partial charge on any atom is -0.379 e. The van der Waals surface area contributed by atoms with Crippen LogP contribution in [0.5, 0.6) is 0 Å². The minimum absolute atomic E-state index is 0.0170. The zero-order valence-electron chi connectivity index (χ0n) is 11.6. The second-order valence-corrected chi connectivity index (χ2v) is 5.48. The highest BCUT2D eigenvalue weighted by Crippen LogP contribution is 2.27. The lowest BCUT2D eigenvalue weighted by molar-refractivity contribution is -0.384. The quantitative estimate of drug-likeness (QED) is 0.646. The number of carbonyl (C=O) groups excluding carboxylic acids is 1. The van der Waals surface area contributed by atoms with Crippen molar-refractivity contribution in [2.24, 2.45) is 5.41 Å². The lowest BCUT2D eigenvalue weighted by atomic mass is 9.97. The summed E-state index contributed by atoms with van der Waals surface area (Å²) in [6.45, 7) is 6.64. The van der Waals surface area contributed by atoms with Crippen LogP contribution in [0.4, 0.5) is 11.4 Å². The van der Waals surface area contributed by atoms with Gasteiger partial charge in [0, 0.05) is 25.2 Å². The number of carbonyl (C=O) groups is 1. The molecular weight excluding hydrogens is 246 g/mol. The monoisotopic (exact) mass is 265 g/mol. The molecule has 0 radical (unpaired) electrons. The minimum atomic E-state index is -0.460. The summed E-state index contributed by atoms with van der Waals surface area (Å²) in [6, 6.07) is 4.29. The number of hydrogen-bond acceptors (Lipinski definition) is 4. The summed E-state index contributed by atoms with van der Waals surface area (Å²) in [5, 5.41) is 16.5. The Morgan fingerprint density at radius 3 is 2.47 bits per heavy atom. The molecule has 1 aromatic rings. The molecule has 1 rings (SSSR count). The van der Waals surface area contributed by atoms with Gasteiger partial charge in [-0.05, 0) is 17.5 Å². The van der Waals surface area contributed by atoms with Gasteiger partial charge in [0.2, 0.25) is 0 Å². The van der Waals surface area contributed by atoms with E-state index in [0.29, 0.717) is 17.8 Å². The maximum absolute atomic E-state index is 11.5. The maximum Gasteiger partial charge on any atom is 0.292 e. The molecule has 0 aromatic heterocycles. The predicted octanol–water partition coefficient (Wildman–Crippen LogP) is 2.41. The lowest BCUT2D eigenvalue weighted by Gasteiger charge is -2.19. The zero-order valence-corrected chi connectivity index (χ0v) is 11.6. The van der Waals surface area contributed by atoms with Crippen molar-refractivity contribution >= 4 is 17.3 Å². The van der Waals surface area contributed by atoms with Gasteiger partial charge in [0.15, 0.2) is 0 Å². The van der Waals surface area contributed by atoms with Crippen molar-refractivity contribution in [3.63, 3.8) is 0 Å². The van der Waals surface area contributed by atoms with E-state index in [1.807, 2.05) is 20.8 Å². The first-order valence-electron chi connectivity index (χ1n) is 5.99. The van der Waals surface area contributed by atoms with Gasteiger partial charge in [-0.3, -0.25) is 14.9 Å². The van der Waals surface area contributed by atoms with Gasteiger partial charge in [-0.2, -0.15) is 0 Å². The van der Waals surface area contributed by atoms with Gasteiger partial charge in [0.25, 0.3) is 11.6 Å². The predicted molar refractivity (Wildman–Crippen MR) is 74.4 cm³/mol. The number of nitrogens with zero attached hydrogens (tertiary/aromatic N) is 1. The van der Waals surface area contributed by atoms with Crippen molar-refractivity contribution in [2.45, 2.75) is 20.8 Å². The second kappa shape index (κ2) is 5.69. The molecule has 0 aliphatic heterocycles. The number of nitro groups is 1. The van der Waals surface area contributed by atoms with E-state index in [1.165, 1.54) is 25.2 Å². The Balaban J connectivity index is 3.09. The molecule has 6 heteroatoms. The van der Waals surface area contributed by atoms with Gasteiger partial charge in [-0.1, -0.05) is 20.8 Å². The van der Waals surface area contributed by atoms with E-state index in [4.69, 9.17) is 0 Å². The van der Waals surface area contributed by atoms with Crippen LogP contribution in [0.1, 0.15) is 31.1 Å². The van der Waals surface area contributed by atoms with E-state index >= 15 is 0 Å². The molecule has 1 amide bonds. The molecule has 0 bridgehead atoms. The van der Waals surface area contributed by atoms with Crippen molar-refractivity contribution in [1.82, 2.24) is 5.32 Å². The average Bonchev–Trinajstić information content (AvgIpc) is 2.34. The zero-order chi connectivity index (χ0) is 14.6. The Morgan fingerprint density at radius 2 is 2.00 bits per heavy atom. The van der Waals surface area contributed by atoms with Crippen LogP contribution in [0.3, 0.4) is 0 Å². The highest BCUT2D eigenvalue weighted by Gasteiger charge is 2.18. The number of benzene rings is 1. The molecule has 0 unspecified atom stereocenters. The van der Waals surface area contributed by atoms with E-state index in [-0.39, 0.29) is 17.0 Å². The van der Waals surface area contributed by atoms with Crippen LogP contribution in [-0.4, -0.2) is 24.4 Å². The van der Waals surface area contributed by atoms with Crippen LogP contribution in [0.25, 0.3) is 0 Å². The fraction of sp³-hybridized carbons (Fsp3) is 0.462. The first-order chi connectivity index (χ1) is 8.74. The molecule has 0 aliphatic rings. The second-order valence-electron chi connectivity index (χ2n) is 5.48. The lowest BCUT2D eigenvalue weighted by Crippen LogP contribution is -2.21. The van der Waals surface area contributed by atoms with E-state index in [0.717, 1.165) is 0 Å². The van der Waals surface area contributed by atoms with Crippen LogP contribution in [0, 0.1) is 15.5 Å². The van der Waals surface area contributed by atoms with E-state index in [2.05, 4.69) is 10.6 Å². The van der Waals surface area contributed by atoms with Gasteiger partial charge >= 0.3 is 0 Å². The van der Waals surface area contributed by atoms with Crippen molar-refractivity contribution in [3.8, 4) is 0 Å². The van der Waals surface area contributed by atoms with Crippen molar-refractivity contribution in [3.05, 3.63) is 33.9 Å². The molecule has 0 fully saturated rings. The summed E-state index contributed by atoms with van der Waals surface area (Å²) in [6.07, 6.45) is 0. The molecule has 104 valence electrons. The summed E-state index contributed by atoms with van der Waals surface area (Å²) in [4.78, 5) is 22.0. The van der Waals surface area contributed by atoms with Crippen LogP contribution >= 0.6 is 0 Å². The molecule has 2 N–H and O–H groups in total. The summed E-state index contributed by atoms with van der Waals surface area (Å²) in [7, 11) is 1.52. The molecular formula is C13H19N3O3. The van der Waals surface area contributed by atoms with Crippen LogP contribution < -0.4 is 10.6 Å². The fourth-order valence-corrected chi connectivity index (χ4v) is 1.48. The third-order valence-corrected chi connectivity index (χ3v) is 2.49. The summed E-state index contributed by atoms with van der Waals surface area (Å²) in [5.41, 5.74) is 0.708. The Labute approximate surface area is 112 Å². The largest absolute Gasteiger partial charge is 0.379 e. The highest BCUT2D eigenvalue weighted by molar-refractivity contribution is 5.95. The van der Waals surface area contributed by atoms with Gasteiger partial charge < -0.3 is 10.6 Å². The molecule has 0 saturated carbocycles.